The molecular weight excluding hydrogens is 378 g/mol. The standard InChI is InChI=1S/C24H29N3O3/c1-17-10-11-22(21(14-17)25-23(28)19-7-4-8-19)27-13-5-12-26(24(27)29)16-18-6-3-9-20(15-18)30-2/h3,6,9-11,14-15,19H,4-5,7-8,12-13,16H2,1-2H3,(H,25,28). The van der Waals surface area contributed by atoms with E-state index in [-0.39, 0.29) is 17.9 Å². The van der Waals surface area contributed by atoms with Gasteiger partial charge in [-0.05, 0) is 61.6 Å². The average molecular weight is 408 g/mol. The van der Waals surface area contributed by atoms with Crippen LogP contribution in [0.3, 0.4) is 0 Å². The summed E-state index contributed by atoms with van der Waals surface area (Å²) in [6, 6.07) is 13.7. The number of hydrogen-bond acceptors (Lipinski definition) is 3. The third-order valence-corrected chi connectivity index (χ3v) is 6.00. The van der Waals surface area contributed by atoms with E-state index in [0.29, 0.717) is 19.6 Å². The SMILES string of the molecule is COc1cccc(CN2CCCN(c3ccc(C)cc3NC(=O)C3CCC3)C2=O)c1. The second-order valence-corrected chi connectivity index (χ2v) is 8.20. The Kier molecular flexibility index (Phi) is 5.93. The Morgan fingerprint density at radius 2 is 1.97 bits per heavy atom. The van der Waals surface area contributed by atoms with E-state index >= 15 is 0 Å². The first kappa shape index (κ1) is 20.3. The van der Waals surface area contributed by atoms with Crippen molar-refractivity contribution in [3.05, 3.63) is 53.6 Å². The lowest BCUT2D eigenvalue weighted by Gasteiger charge is -2.37. The second kappa shape index (κ2) is 8.78. The lowest BCUT2D eigenvalue weighted by molar-refractivity contribution is -0.122. The van der Waals surface area contributed by atoms with Gasteiger partial charge in [0.2, 0.25) is 5.91 Å². The summed E-state index contributed by atoms with van der Waals surface area (Å²) in [6.45, 7) is 3.88. The molecule has 0 unspecified atom stereocenters. The number of aryl methyl sites for hydroxylation is 1. The summed E-state index contributed by atoms with van der Waals surface area (Å²) in [6.07, 6.45) is 3.89. The van der Waals surface area contributed by atoms with Gasteiger partial charge in [-0.1, -0.05) is 24.6 Å². The Balaban J connectivity index is 1.54. The van der Waals surface area contributed by atoms with Crippen molar-refractivity contribution in [1.29, 1.82) is 0 Å². The van der Waals surface area contributed by atoms with Crippen LogP contribution in [-0.2, 0) is 11.3 Å². The third kappa shape index (κ3) is 4.27. The highest BCUT2D eigenvalue weighted by atomic mass is 16.5. The van der Waals surface area contributed by atoms with E-state index in [9.17, 15) is 9.59 Å². The number of urea groups is 1. The summed E-state index contributed by atoms with van der Waals surface area (Å²) < 4.78 is 5.30. The zero-order chi connectivity index (χ0) is 21.1. The Bertz CT molecular complexity index is 939. The number of carbonyl (C=O) groups is 2. The fourth-order valence-corrected chi connectivity index (χ4v) is 4.03. The highest BCUT2D eigenvalue weighted by Gasteiger charge is 2.30. The molecule has 6 nitrogen and oxygen atoms in total. The zero-order valence-electron chi connectivity index (χ0n) is 17.7. The van der Waals surface area contributed by atoms with Gasteiger partial charge >= 0.3 is 6.03 Å². The average Bonchev–Trinajstić information content (AvgIpc) is 2.69. The minimum absolute atomic E-state index is 0.0351. The zero-order valence-corrected chi connectivity index (χ0v) is 17.7. The molecule has 1 N–H and O–H groups in total. The van der Waals surface area contributed by atoms with Crippen molar-refractivity contribution < 1.29 is 14.3 Å². The Morgan fingerprint density at radius 1 is 1.13 bits per heavy atom. The van der Waals surface area contributed by atoms with E-state index in [2.05, 4.69) is 5.32 Å². The number of benzene rings is 2. The maximum Gasteiger partial charge on any atom is 0.324 e. The smallest absolute Gasteiger partial charge is 0.324 e. The van der Waals surface area contributed by atoms with Crippen molar-refractivity contribution in [3.63, 3.8) is 0 Å². The molecule has 0 radical (unpaired) electrons. The van der Waals surface area contributed by atoms with Crippen molar-refractivity contribution in [2.24, 2.45) is 5.92 Å². The quantitative estimate of drug-likeness (QED) is 0.763. The first-order valence-electron chi connectivity index (χ1n) is 10.7. The molecule has 0 bridgehead atoms. The number of carbonyl (C=O) groups excluding carboxylic acids is 2. The van der Waals surface area contributed by atoms with Crippen molar-refractivity contribution in [2.75, 3.05) is 30.4 Å². The first-order valence-corrected chi connectivity index (χ1v) is 10.7. The molecule has 1 aliphatic carbocycles. The van der Waals surface area contributed by atoms with Crippen molar-refractivity contribution in [3.8, 4) is 5.75 Å². The van der Waals surface area contributed by atoms with Crippen LogP contribution in [0.1, 0.15) is 36.8 Å². The van der Waals surface area contributed by atoms with Crippen LogP contribution < -0.4 is 15.0 Å². The molecule has 3 amide bonds. The van der Waals surface area contributed by atoms with Crippen LogP contribution in [0, 0.1) is 12.8 Å². The largest absolute Gasteiger partial charge is 0.497 e. The third-order valence-electron chi connectivity index (χ3n) is 6.00. The lowest BCUT2D eigenvalue weighted by Crippen LogP contribution is -2.49. The van der Waals surface area contributed by atoms with Crippen LogP contribution in [0.2, 0.25) is 0 Å². The molecule has 6 heteroatoms. The van der Waals surface area contributed by atoms with Gasteiger partial charge in [0.15, 0.2) is 0 Å². The monoisotopic (exact) mass is 407 g/mol. The van der Waals surface area contributed by atoms with E-state index < -0.39 is 0 Å². The van der Waals surface area contributed by atoms with E-state index in [1.54, 1.807) is 12.0 Å². The maximum atomic E-state index is 13.3. The molecule has 1 saturated carbocycles. The first-order chi connectivity index (χ1) is 14.5. The number of hydrogen-bond donors (Lipinski definition) is 1. The highest BCUT2D eigenvalue weighted by molar-refractivity contribution is 6.01. The van der Waals surface area contributed by atoms with Crippen LogP contribution in [0.5, 0.6) is 5.75 Å². The van der Waals surface area contributed by atoms with Crippen LogP contribution in [0.25, 0.3) is 0 Å². The number of ether oxygens (including phenoxy) is 1. The van der Waals surface area contributed by atoms with Gasteiger partial charge in [0.05, 0.1) is 18.5 Å². The topological polar surface area (TPSA) is 61.9 Å². The summed E-state index contributed by atoms with van der Waals surface area (Å²) >= 11 is 0. The minimum atomic E-state index is -0.0351. The molecule has 30 heavy (non-hydrogen) atoms. The van der Waals surface area contributed by atoms with Crippen LogP contribution in [-0.4, -0.2) is 37.0 Å². The molecule has 2 aromatic carbocycles. The Labute approximate surface area is 177 Å². The van der Waals surface area contributed by atoms with Gasteiger partial charge in [-0.2, -0.15) is 0 Å². The summed E-state index contributed by atoms with van der Waals surface area (Å²) in [5.41, 5.74) is 3.59. The van der Waals surface area contributed by atoms with Crippen molar-refractivity contribution in [1.82, 2.24) is 4.90 Å². The summed E-state index contributed by atoms with van der Waals surface area (Å²) in [4.78, 5) is 29.5. The highest BCUT2D eigenvalue weighted by Crippen LogP contribution is 2.33. The number of amides is 3. The van der Waals surface area contributed by atoms with Gasteiger partial charge in [0, 0.05) is 25.6 Å². The van der Waals surface area contributed by atoms with Crippen molar-refractivity contribution >= 4 is 23.3 Å². The van der Waals surface area contributed by atoms with E-state index in [4.69, 9.17) is 4.74 Å². The summed E-state index contributed by atoms with van der Waals surface area (Å²) in [5, 5.41) is 3.08. The molecule has 2 aliphatic rings. The van der Waals surface area contributed by atoms with E-state index in [0.717, 1.165) is 53.9 Å². The Hall–Kier alpha value is -3.02. The number of anilines is 2. The fourth-order valence-electron chi connectivity index (χ4n) is 4.03. The number of nitrogens with one attached hydrogen (secondary N) is 1. The van der Waals surface area contributed by atoms with Gasteiger partial charge in [-0.25, -0.2) is 4.79 Å². The van der Waals surface area contributed by atoms with Gasteiger partial charge < -0.3 is 15.0 Å². The number of nitrogens with zero attached hydrogens (tertiary/aromatic N) is 2. The molecule has 0 aromatic heterocycles. The second-order valence-electron chi connectivity index (χ2n) is 8.20. The van der Waals surface area contributed by atoms with Gasteiger partial charge in [0.1, 0.15) is 5.75 Å². The molecule has 158 valence electrons. The molecule has 0 spiro atoms. The van der Waals surface area contributed by atoms with Crippen LogP contribution >= 0.6 is 0 Å². The molecular formula is C24H29N3O3. The molecule has 1 heterocycles. The lowest BCUT2D eigenvalue weighted by atomic mass is 9.85. The summed E-state index contributed by atoms with van der Waals surface area (Å²) in [5.74, 6) is 0.944. The van der Waals surface area contributed by atoms with Gasteiger partial charge in [-0.15, -0.1) is 0 Å². The molecule has 2 fully saturated rings. The fraction of sp³-hybridized carbons (Fsp3) is 0.417. The molecule has 4 rings (SSSR count). The summed E-state index contributed by atoms with van der Waals surface area (Å²) in [7, 11) is 1.64. The number of rotatable bonds is 6. The Morgan fingerprint density at radius 3 is 2.70 bits per heavy atom. The molecule has 1 saturated heterocycles. The minimum Gasteiger partial charge on any atom is -0.497 e. The molecule has 1 aliphatic heterocycles. The predicted octanol–water partition coefficient (Wildman–Crippen LogP) is 4.57. The molecule has 0 atom stereocenters. The van der Waals surface area contributed by atoms with Crippen molar-refractivity contribution in [2.45, 2.75) is 39.2 Å². The van der Waals surface area contributed by atoms with E-state index in [1.165, 1.54) is 0 Å². The van der Waals surface area contributed by atoms with Crippen LogP contribution in [0.4, 0.5) is 16.2 Å². The molecule has 2 aromatic rings. The number of methoxy groups -OCH3 is 1. The van der Waals surface area contributed by atoms with Crippen LogP contribution in [0.15, 0.2) is 42.5 Å². The normalized spacial score (nSPS) is 16.9. The predicted molar refractivity (Wildman–Crippen MR) is 118 cm³/mol. The maximum absolute atomic E-state index is 13.3. The van der Waals surface area contributed by atoms with Gasteiger partial charge in [-0.3, -0.25) is 9.69 Å². The van der Waals surface area contributed by atoms with E-state index in [1.807, 2.05) is 54.3 Å². The van der Waals surface area contributed by atoms with Gasteiger partial charge in [0.25, 0.3) is 0 Å².